The van der Waals surface area contributed by atoms with Crippen LogP contribution >= 0.6 is 23.2 Å². The van der Waals surface area contributed by atoms with Gasteiger partial charge >= 0.3 is 0 Å². The predicted molar refractivity (Wildman–Crippen MR) is 118 cm³/mol. The van der Waals surface area contributed by atoms with E-state index in [1.165, 1.54) is 12.1 Å². The Morgan fingerprint density at radius 2 is 1.41 bits per heavy atom. The highest BCUT2D eigenvalue weighted by molar-refractivity contribution is 6.31. The van der Waals surface area contributed by atoms with Crippen molar-refractivity contribution < 1.29 is 23.0 Å². The van der Waals surface area contributed by atoms with E-state index in [2.05, 4.69) is 0 Å². The summed E-state index contributed by atoms with van der Waals surface area (Å²) in [4.78, 5) is 17.3. The molecule has 0 unspecified atom stereocenters. The van der Waals surface area contributed by atoms with E-state index in [-0.39, 0.29) is 15.8 Å². The number of ether oxygens (including phenoxy) is 2. The van der Waals surface area contributed by atoms with E-state index in [1.54, 1.807) is 24.3 Å². The third kappa shape index (κ3) is 3.85. The van der Waals surface area contributed by atoms with E-state index < -0.39 is 22.8 Å². The Bertz CT molecular complexity index is 1000. The van der Waals surface area contributed by atoms with E-state index in [1.807, 2.05) is 9.80 Å². The first-order chi connectivity index (χ1) is 15.3. The van der Waals surface area contributed by atoms with Crippen LogP contribution < -0.4 is 9.80 Å². The molecule has 2 aromatic rings. The Labute approximate surface area is 194 Å². The van der Waals surface area contributed by atoms with Gasteiger partial charge in [0.15, 0.2) is 5.79 Å². The molecule has 170 valence electrons. The number of carbonyl (C=O) groups is 1. The molecule has 5 rings (SSSR count). The average Bonchev–Trinajstić information content (AvgIpc) is 3.22. The number of rotatable bonds is 2. The number of nitrogens with zero attached hydrogens (tertiary/aromatic N) is 2. The fourth-order valence-corrected chi connectivity index (χ4v) is 5.45. The quantitative estimate of drug-likeness (QED) is 0.599. The van der Waals surface area contributed by atoms with Gasteiger partial charge in [-0.05, 0) is 36.4 Å². The first-order valence-corrected chi connectivity index (χ1v) is 11.3. The van der Waals surface area contributed by atoms with Gasteiger partial charge in [0, 0.05) is 43.7 Å². The van der Waals surface area contributed by atoms with Crippen LogP contribution in [0.15, 0.2) is 36.4 Å². The molecule has 2 aromatic carbocycles. The third-order valence-corrected chi connectivity index (χ3v) is 7.19. The molecule has 32 heavy (non-hydrogen) atoms. The Morgan fingerprint density at radius 1 is 0.875 bits per heavy atom. The van der Waals surface area contributed by atoms with E-state index in [0.717, 1.165) is 0 Å². The molecule has 5 nitrogen and oxygen atoms in total. The fraction of sp³-hybridized carbons (Fsp3) is 0.435. The first-order valence-electron chi connectivity index (χ1n) is 10.5. The molecular weight excluding hydrogens is 461 g/mol. The van der Waals surface area contributed by atoms with Crippen LogP contribution in [0, 0.1) is 17.0 Å². The number of carbonyl (C=O) groups excluding carboxylic acids is 1. The standard InChI is InChI=1S/C23H22Cl2F2N2O3/c24-17-9-15(1-3-19(17)26)28-12-22(11-23(6-5-21(22)30)31-7-8-32-23)13-29(14-28)16-2-4-20(27)18(25)10-16/h1-4,9-10H,5-8,11-14H2. The van der Waals surface area contributed by atoms with Crippen LogP contribution in [0.3, 0.4) is 0 Å². The number of anilines is 2. The largest absolute Gasteiger partial charge is 0.353 e. The van der Waals surface area contributed by atoms with Crippen LogP contribution in [0.5, 0.6) is 0 Å². The summed E-state index contributed by atoms with van der Waals surface area (Å²) in [5, 5.41) is 0.0137. The van der Waals surface area contributed by atoms with Gasteiger partial charge in [-0.3, -0.25) is 4.79 Å². The van der Waals surface area contributed by atoms with Crippen molar-refractivity contribution >= 4 is 40.4 Å². The molecule has 9 heteroatoms. The lowest BCUT2D eigenvalue weighted by Crippen LogP contribution is -2.63. The molecule has 0 atom stereocenters. The van der Waals surface area contributed by atoms with Crippen LogP contribution in [0.2, 0.25) is 10.0 Å². The summed E-state index contributed by atoms with van der Waals surface area (Å²) < 4.78 is 39.5. The molecule has 0 aromatic heterocycles. The SMILES string of the molecule is O=C1CCC2(CC13CN(c1ccc(F)c(Cl)c1)CN(c1ccc(F)c(Cl)c1)C3)OCCO2. The van der Waals surface area contributed by atoms with Gasteiger partial charge in [0.1, 0.15) is 17.4 Å². The maximum Gasteiger partial charge on any atom is 0.170 e. The predicted octanol–water partition coefficient (Wildman–Crippen LogP) is 5.04. The van der Waals surface area contributed by atoms with Crippen molar-refractivity contribution in [1.29, 1.82) is 0 Å². The van der Waals surface area contributed by atoms with Crippen LogP contribution in [0.25, 0.3) is 0 Å². The highest BCUT2D eigenvalue weighted by Gasteiger charge is 2.55. The summed E-state index contributed by atoms with van der Waals surface area (Å²) in [6, 6.07) is 9.01. The van der Waals surface area contributed by atoms with Crippen molar-refractivity contribution in [2.24, 2.45) is 5.41 Å². The van der Waals surface area contributed by atoms with Gasteiger partial charge in [-0.1, -0.05) is 23.2 Å². The summed E-state index contributed by atoms with van der Waals surface area (Å²) in [6.07, 6.45) is 1.28. The molecule has 3 fully saturated rings. The summed E-state index contributed by atoms with van der Waals surface area (Å²) >= 11 is 12.1. The van der Waals surface area contributed by atoms with Gasteiger partial charge in [-0.2, -0.15) is 0 Å². The number of hydrogen-bond acceptors (Lipinski definition) is 5. The number of halogens is 4. The van der Waals surface area contributed by atoms with Crippen molar-refractivity contribution in [3.8, 4) is 0 Å². The molecule has 0 bridgehead atoms. The molecule has 1 saturated carbocycles. The van der Waals surface area contributed by atoms with E-state index >= 15 is 0 Å². The molecular formula is C23H22Cl2F2N2O3. The van der Waals surface area contributed by atoms with Gasteiger partial charge < -0.3 is 19.3 Å². The Morgan fingerprint density at radius 3 is 1.91 bits per heavy atom. The molecule has 2 heterocycles. The summed E-state index contributed by atoms with van der Waals surface area (Å²) in [7, 11) is 0. The second kappa shape index (κ2) is 8.13. The number of hydrogen-bond donors (Lipinski definition) is 0. The van der Waals surface area contributed by atoms with Crippen molar-refractivity contribution in [3.05, 3.63) is 58.1 Å². The van der Waals surface area contributed by atoms with E-state index in [4.69, 9.17) is 32.7 Å². The molecule has 1 aliphatic carbocycles. The lowest BCUT2D eigenvalue weighted by atomic mass is 9.68. The number of ketones is 1. The molecule has 3 aliphatic rings. The zero-order valence-corrected chi connectivity index (χ0v) is 18.8. The van der Waals surface area contributed by atoms with Gasteiger partial charge in [-0.15, -0.1) is 0 Å². The molecule has 0 radical (unpaired) electrons. The fourth-order valence-electron chi connectivity index (χ4n) is 5.10. The molecule has 2 saturated heterocycles. The van der Waals surface area contributed by atoms with Crippen molar-refractivity contribution in [1.82, 2.24) is 0 Å². The maximum absolute atomic E-state index is 13.8. The van der Waals surface area contributed by atoms with Crippen molar-refractivity contribution in [2.45, 2.75) is 25.0 Å². The Hall–Kier alpha value is -1.93. The van der Waals surface area contributed by atoms with Crippen LogP contribution in [-0.2, 0) is 14.3 Å². The molecule has 0 N–H and O–H groups in total. The van der Waals surface area contributed by atoms with Gasteiger partial charge in [-0.25, -0.2) is 8.78 Å². The monoisotopic (exact) mass is 482 g/mol. The number of benzene rings is 2. The zero-order chi connectivity index (χ0) is 22.5. The van der Waals surface area contributed by atoms with Crippen LogP contribution in [0.1, 0.15) is 19.3 Å². The average molecular weight is 483 g/mol. The zero-order valence-electron chi connectivity index (χ0n) is 17.3. The first kappa shape index (κ1) is 21.9. The van der Waals surface area contributed by atoms with Gasteiger partial charge in [0.25, 0.3) is 0 Å². The molecule has 2 aliphatic heterocycles. The highest BCUT2D eigenvalue weighted by Crippen LogP contribution is 2.47. The summed E-state index contributed by atoms with van der Waals surface area (Å²) in [5.41, 5.74) is 0.589. The second-order valence-corrected chi connectivity index (χ2v) is 9.54. The van der Waals surface area contributed by atoms with E-state index in [0.29, 0.717) is 63.6 Å². The third-order valence-electron chi connectivity index (χ3n) is 6.61. The maximum atomic E-state index is 13.8. The minimum atomic E-state index is -0.789. The normalized spacial score (nSPS) is 22.2. The van der Waals surface area contributed by atoms with Crippen LogP contribution in [-0.4, -0.2) is 44.5 Å². The topological polar surface area (TPSA) is 42.0 Å². The minimum Gasteiger partial charge on any atom is -0.353 e. The van der Waals surface area contributed by atoms with Crippen molar-refractivity contribution in [2.75, 3.05) is 42.8 Å². The lowest BCUT2D eigenvalue weighted by Gasteiger charge is -2.52. The molecule has 0 amide bonds. The second-order valence-electron chi connectivity index (χ2n) is 8.72. The van der Waals surface area contributed by atoms with Gasteiger partial charge in [0.05, 0.1) is 35.3 Å². The van der Waals surface area contributed by atoms with Crippen molar-refractivity contribution in [3.63, 3.8) is 0 Å². The lowest BCUT2D eigenvalue weighted by molar-refractivity contribution is -0.201. The van der Waals surface area contributed by atoms with Crippen LogP contribution in [0.4, 0.5) is 20.2 Å². The highest BCUT2D eigenvalue weighted by atomic mass is 35.5. The summed E-state index contributed by atoms with van der Waals surface area (Å²) in [6.45, 7) is 2.22. The number of Topliss-reactive ketones (excluding diaryl/α,β-unsaturated/α-hetero) is 1. The smallest absolute Gasteiger partial charge is 0.170 e. The summed E-state index contributed by atoms with van der Waals surface area (Å²) in [5.74, 6) is -1.67. The molecule has 2 spiro atoms. The van der Waals surface area contributed by atoms with E-state index in [9.17, 15) is 13.6 Å². The minimum absolute atomic E-state index is 0.00685. The Kier molecular flexibility index (Phi) is 5.56. The van der Waals surface area contributed by atoms with Gasteiger partial charge in [0.2, 0.25) is 0 Å². The Balaban J connectivity index is 1.55.